The van der Waals surface area contributed by atoms with Gasteiger partial charge in [-0.25, -0.2) is 0 Å². The van der Waals surface area contributed by atoms with Crippen LogP contribution in [0.15, 0.2) is 22.7 Å². The SMILES string of the molecule is CC(N)C1CCN(c2cc(Br)ccc2C(F)(F)F)CC1. The second-order valence-corrected chi connectivity index (χ2v) is 6.26. The van der Waals surface area contributed by atoms with Gasteiger partial charge in [0, 0.05) is 23.6 Å². The maximum absolute atomic E-state index is 13.1. The van der Waals surface area contributed by atoms with Crippen molar-refractivity contribution in [3.05, 3.63) is 28.2 Å². The second-order valence-electron chi connectivity index (χ2n) is 5.34. The molecule has 0 bridgehead atoms. The van der Waals surface area contributed by atoms with Crippen LogP contribution in [0, 0.1) is 5.92 Å². The van der Waals surface area contributed by atoms with Crippen LogP contribution < -0.4 is 10.6 Å². The third kappa shape index (κ3) is 3.47. The van der Waals surface area contributed by atoms with Crippen molar-refractivity contribution in [3.63, 3.8) is 0 Å². The summed E-state index contributed by atoms with van der Waals surface area (Å²) in [7, 11) is 0. The van der Waals surface area contributed by atoms with Crippen LogP contribution in [-0.4, -0.2) is 19.1 Å². The van der Waals surface area contributed by atoms with E-state index in [4.69, 9.17) is 5.73 Å². The summed E-state index contributed by atoms with van der Waals surface area (Å²) in [6.07, 6.45) is -2.66. The molecule has 0 aromatic heterocycles. The highest BCUT2D eigenvalue weighted by atomic mass is 79.9. The average molecular weight is 351 g/mol. The molecule has 1 heterocycles. The Morgan fingerprint density at radius 1 is 1.30 bits per heavy atom. The molecule has 1 saturated heterocycles. The molecule has 1 aliphatic heterocycles. The number of rotatable bonds is 2. The number of nitrogens with two attached hydrogens (primary N) is 1. The largest absolute Gasteiger partial charge is 0.418 e. The minimum absolute atomic E-state index is 0.0988. The summed E-state index contributed by atoms with van der Waals surface area (Å²) in [5.74, 6) is 0.396. The van der Waals surface area contributed by atoms with E-state index in [9.17, 15) is 13.2 Å². The monoisotopic (exact) mass is 350 g/mol. The predicted molar refractivity (Wildman–Crippen MR) is 77.7 cm³/mol. The standard InChI is InChI=1S/C14H18BrF3N2/c1-9(19)10-4-6-20(7-5-10)13-8-11(15)2-3-12(13)14(16,17)18/h2-3,8-10H,4-7,19H2,1H3. The number of benzene rings is 1. The maximum atomic E-state index is 13.1. The number of halogens is 4. The summed E-state index contributed by atoms with van der Waals surface area (Å²) < 4.78 is 39.9. The van der Waals surface area contributed by atoms with E-state index in [0.29, 0.717) is 23.5 Å². The van der Waals surface area contributed by atoms with Crippen molar-refractivity contribution in [2.45, 2.75) is 32.0 Å². The van der Waals surface area contributed by atoms with E-state index in [0.717, 1.165) is 18.9 Å². The Hall–Kier alpha value is -0.750. The molecule has 6 heteroatoms. The number of hydrogen-bond acceptors (Lipinski definition) is 2. The van der Waals surface area contributed by atoms with Crippen molar-refractivity contribution < 1.29 is 13.2 Å². The number of alkyl halides is 3. The number of anilines is 1. The highest BCUT2D eigenvalue weighted by Crippen LogP contribution is 2.39. The molecular formula is C14H18BrF3N2. The summed E-state index contributed by atoms with van der Waals surface area (Å²) in [5, 5.41) is 0. The van der Waals surface area contributed by atoms with Crippen molar-refractivity contribution in [3.8, 4) is 0 Å². The number of piperidine rings is 1. The van der Waals surface area contributed by atoms with E-state index in [1.165, 1.54) is 6.07 Å². The Bertz CT molecular complexity index is 466. The topological polar surface area (TPSA) is 29.3 Å². The first-order chi connectivity index (χ1) is 9.29. The fraction of sp³-hybridized carbons (Fsp3) is 0.571. The van der Waals surface area contributed by atoms with Gasteiger partial charge in [-0.2, -0.15) is 13.2 Å². The highest BCUT2D eigenvalue weighted by molar-refractivity contribution is 9.10. The summed E-state index contributed by atoms with van der Waals surface area (Å²) in [4.78, 5) is 1.81. The number of hydrogen-bond donors (Lipinski definition) is 1. The van der Waals surface area contributed by atoms with E-state index < -0.39 is 11.7 Å². The van der Waals surface area contributed by atoms with Crippen molar-refractivity contribution in [1.82, 2.24) is 0 Å². The molecule has 0 aliphatic carbocycles. The lowest BCUT2D eigenvalue weighted by Crippen LogP contribution is -2.40. The normalized spacial score (nSPS) is 19.2. The Balaban J connectivity index is 2.23. The first kappa shape index (κ1) is 15.6. The van der Waals surface area contributed by atoms with Gasteiger partial charge in [-0.15, -0.1) is 0 Å². The molecule has 1 aliphatic rings. The Morgan fingerprint density at radius 3 is 2.40 bits per heavy atom. The summed E-state index contributed by atoms with van der Waals surface area (Å²) in [5.41, 5.74) is 5.56. The molecule has 0 amide bonds. The van der Waals surface area contributed by atoms with Gasteiger partial charge < -0.3 is 10.6 Å². The molecule has 2 nitrogen and oxygen atoms in total. The van der Waals surface area contributed by atoms with Gasteiger partial charge in [0.1, 0.15) is 0 Å². The highest BCUT2D eigenvalue weighted by Gasteiger charge is 2.35. The van der Waals surface area contributed by atoms with Crippen LogP contribution in [0.3, 0.4) is 0 Å². The average Bonchev–Trinajstić information content (AvgIpc) is 2.37. The van der Waals surface area contributed by atoms with E-state index >= 15 is 0 Å². The lowest BCUT2D eigenvalue weighted by atomic mass is 9.90. The zero-order valence-electron chi connectivity index (χ0n) is 11.3. The molecule has 1 fully saturated rings. The van der Waals surface area contributed by atoms with Gasteiger partial charge in [0.2, 0.25) is 0 Å². The predicted octanol–water partition coefficient (Wildman–Crippen LogP) is 4.03. The van der Waals surface area contributed by atoms with Gasteiger partial charge in [-0.05, 0) is 43.9 Å². The molecule has 112 valence electrons. The van der Waals surface area contributed by atoms with E-state index in [1.807, 2.05) is 11.8 Å². The van der Waals surface area contributed by atoms with Crippen LogP contribution in [0.1, 0.15) is 25.3 Å². The molecule has 2 rings (SSSR count). The zero-order chi connectivity index (χ0) is 14.9. The van der Waals surface area contributed by atoms with Gasteiger partial charge >= 0.3 is 6.18 Å². The van der Waals surface area contributed by atoms with Crippen LogP contribution in [0.5, 0.6) is 0 Å². The maximum Gasteiger partial charge on any atom is 0.418 e. The van der Waals surface area contributed by atoms with E-state index in [2.05, 4.69) is 15.9 Å². The molecule has 1 unspecified atom stereocenters. The molecule has 1 aromatic carbocycles. The Morgan fingerprint density at radius 2 is 1.90 bits per heavy atom. The minimum atomic E-state index is -4.33. The third-order valence-electron chi connectivity index (χ3n) is 3.89. The molecule has 0 radical (unpaired) electrons. The number of nitrogens with zero attached hydrogens (tertiary/aromatic N) is 1. The van der Waals surface area contributed by atoms with Gasteiger partial charge in [-0.1, -0.05) is 15.9 Å². The molecule has 20 heavy (non-hydrogen) atoms. The van der Waals surface area contributed by atoms with Crippen LogP contribution in [0.25, 0.3) is 0 Å². The smallest absolute Gasteiger partial charge is 0.371 e. The molecule has 0 saturated carbocycles. The minimum Gasteiger partial charge on any atom is -0.371 e. The lowest BCUT2D eigenvalue weighted by Gasteiger charge is -2.36. The zero-order valence-corrected chi connectivity index (χ0v) is 12.8. The van der Waals surface area contributed by atoms with Crippen LogP contribution in [-0.2, 0) is 6.18 Å². The molecular weight excluding hydrogens is 333 g/mol. The van der Waals surface area contributed by atoms with Crippen molar-refractivity contribution in [2.75, 3.05) is 18.0 Å². The second kappa shape index (κ2) is 5.93. The van der Waals surface area contributed by atoms with Gasteiger partial charge in [-0.3, -0.25) is 0 Å². The third-order valence-corrected chi connectivity index (χ3v) is 4.38. The van der Waals surface area contributed by atoms with Crippen LogP contribution in [0.4, 0.5) is 18.9 Å². The van der Waals surface area contributed by atoms with Crippen molar-refractivity contribution >= 4 is 21.6 Å². The molecule has 2 N–H and O–H groups in total. The van der Waals surface area contributed by atoms with E-state index in [1.54, 1.807) is 6.07 Å². The fourth-order valence-corrected chi connectivity index (χ4v) is 3.02. The Labute approximate surface area is 125 Å². The van der Waals surface area contributed by atoms with Gasteiger partial charge in [0.25, 0.3) is 0 Å². The van der Waals surface area contributed by atoms with E-state index in [-0.39, 0.29) is 11.7 Å². The van der Waals surface area contributed by atoms with Crippen molar-refractivity contribution in [1.29, 1.82) is 0 Å². The van der Waals surface area contributed by atoms with Crippen LogP contribution >= 0.6 is 15.9 Å². The summed E-state index contributed by atoms with van der Waals surface area (Å²) in [6, 6.07) is 4.22. The first-order valence-electron chi connectivity index (χ1n) is 6.66. The molecule has 1 atom stereocenters. The summed E-state index contributed by atoms with van der Waals surface area (Å²) in [6.45, 7) is 3.19. The van der Waals surface area contributed by atoms with Crippen LogP contribution in [0.2, 0.25) is 0 Å². The summed E-state index contributed by atoms with van der Waals surface area (Å²) >= 11 is 3.25. The quantitative estimate of drug-likeness (QED) is 0.872. The first-order valence-corrected chi connectivity index (χ1v) is 7.45. The lowest BCUT2D eigenvalue weighted by molar-refractivity contribution is -0.137. The molecule has 0 spiro atoms. The fourth-order valence-electron chi connectivity index (χ4n) is 2.67. The van der Waals surface area contributed by atoms with Crippen molar-refractivity contribution in [2.24, 2.45) is 11.7 Å². The van der Waals surface area contributed by atoms with Gasteiger partial charge in [0.15, 0.2) is 0 Å². The Kier molecular flexibility index (Phi) is 4.64. The molecule has 1 aromatic rings. The van der Waals surface area contributed by atoms with Gasteiger partial charge in [0.05, 0.1) is 11.3 Å².